The van der Waals surface area contributed by atoms with Gasteiger partial charge in [0.2, 0.25) is 11.8 Å². The number of esters is 1. The van der Waals surface area contributed by atoms with E-state index in [2.05, 4.69) is 10.6 Å². The number of anilines is 2. The van der Waals surface area contributed by atoms with Crippen molar-refractivity contribution in [3.63, 3.8) is 0 Å². The lowest BCUT2D eigenvalue weighted by molar-refractivity contribution is -0.122. The first kappa shape index (κ1) is 19.1. The summed E-state index contributed by atoms with van der Waals surface area (Å²) in [6.07, 6.45) is 0.452. The van der Waals surface area contributed by atoms with Crippen LogP contribution in [0.3, 0.4) is 0 Å². The van der Waals surface area contributed by atoms with Gasteiger partial charge in [0.1, 0.15) is 6.07 Å². The Morgan fingerprint density at radius 3 is 2.32 bits per heavy atom. The topological polar surface area (TPSA) is 108 Å². The van der Waals surface area contributed by atoms with E-state index in [1.54, 1.807) is 55.5 Å². The Bertz CT molecular complexity index is 947. The van der Waals surface area contributed by atoms with Crippen molar-refractivity contribution in [1.29, 1.82) is 5.26 Å². The van der Waals surface area contributed by atoms with Crippen LogP contribution in [0.4, 0.5) is 11.4 Å². The van der Waals surface area contributed by atoms with E-state index in [4.69, 9.17) is 10.00 Å². The molecule has 2 aromatic rings. The zero-order valence-electron chi connectivity index (χ0n) is 15.3. The Labute approximate surface area is 162 Å². The minimum absolute atomic E-state index is 0.252. The second kappa shape index (κ2) is 8.35. The Hall–Kier alpha value is -3.66. The van der Waals surface area contributed by atoms with Crippen molar-refractivity contribution >= 4 is 29.2 Å². The third kappa shape index (κ3) is 4.35. The van der Waals surface area contributed by atoms with Crippen LogP contribution < -0.4 is 10.6 Å². The fourth-order valence-corrected chi connectivity index (χ4v) is 2.83. The molecule has 2 amide bonds. The van der Waals surface area contributed by atoms with Gasteiger partial charge in [0, 0.05) is 5.69 Å². The lowest BCUT2D eigenvalue weighted by Gasteiger charge is -2.08. The second-order valence-electron chi connectivity index (χ2n) is 6.38. The first-order valence-corrected chi connectivity index (χ1v) is 8.91. The molecule has 0 radical (unpaired) electrons. The molecule has 0 aliphatic heterocycles. The van der Waals surface area contributed by atoms with Gasteiger partial charge in [0.05, 0.1) is 35.3 Å². The smallest absolute Gasteiger partial charge is 0.338 e. The number of rotatable bonds is 6. The summed E-state index contributed by atoms with van der Waals surface area (Å²) in [6.45, 7) is 2.02. The molecule has 0 bridgehead atoms. The number of hydrogen-bond donors (Lipinski definition) is 2. The highest BCUT2D eigenvalue weighted by Crippen LogP contribution is 2.40. The highest BCUT2D eigenvalue weighted by Gasteiger charge is 2.48. The van der Waals surface area contributed by atoms with Gasteiger partial charge in [-0.25, -0.2) is 4.79 Å². The van der Waals surface area contributed by atoms with Gasteiger partial charge in [-0.05, 0) is 49.7 Å². The van der Waals surface area contributed by atoms with Crippen molar-refractivity contribution in [2.75, 3.05) is 17.2 Å². The first-order valence-electron chi connectivity index (χ1n) is 8.91. The van der Waals surface area contributed by atoms with Gasteiger partial charge >= 0.3 is 5.97 Å². The highest BCUT2D eigenvalue weighted by molar-refractivity contribution is 6.03. The van der Waals surface area contributed by atoms with Crippen molar-refractivity contribution in [3.8, 4) is 6.07 Å². The number of amides is 2. The molecule has 2 N–H and O–H groups in total. The molecule has 142 valence electrons. The molecule has 7 nitrogen and oxygen atoms in total. The first-order chi connectivity index (χ1) is 13.5. The van der Waals surface area contributed by atoms with Gasteiger partial charge in [0.25, 0.3) is 0 Å². The van der Waals surface area contributed by atoms with Crippen molar-refractivity contribution in [2.45, 2.75) is 13.3 Å². The molecule has 1 fully saturated rings. The van der Waals surface area contributed by atoms with Crippen molar-refractivity contribution in [3.05, 3.63) is 59.7 Å². The highest BCUT2D eigenvalue weighted by atomic mass is 16.5. The number of carbonyl (C=O) groups excluding carboxylic acids is 3. The molecular weight excluding hydrogens is 358 g/mol. The summed E-state index contributed by atoms with van der Waals surface area (Å²) >= 11 is 0. The van der Waals surface area contributed by atoms with Crippen LogP contribution in [-0.2, 0) is 14.3 Å². The molecule has 0 saturated heterocycles. The molecule has 28 heavy (non-hydrogen) atoms. The van der Waals surface area contributed by atoms with Gasteiger partial charge in [-0.2, -0.15) is 5.26 Å². The molecule has 0 heterocycles. The Kier molecular flexibility index (Phi) is 5.70. The van der Waals surface area contributed by atoms with Crippen LogP contribution >= 0.6 is 0 Å². The van der Waals surface area contributed by atoms with Crippen LogP contribution in [0.25, 0.3) is 0 Å². The maximum absolute atomic E-state index is 12.4. The van der Waals surface area contributed by atoms with E-state index in [1.807, 2.05) is 6.07 Å². The fraction of sp³-hybridized carbons (Fsp3) is 0.238. The number of nitriles is 1. The molecular formula is C21H19N3O4. The molecule has 1 saturated carbocycles. The number of ether oxygens (including phenoxy) is 1. The minimum atomic E-state index is -0.425. The maximum atomic E-state index is 12.4. The zero-order valence-corrected chi connectivity index (χ0v) is 15.3. The minimum Gasteiger partial charge on any atom is -0.462 e. The Morgan fingerprint density at radius 1 is 1.04 bits per heavy atom. The summed E-state index contributed by atoms with van der Waals surface area (Å²) in [6, 6.07) is 15.1. The molecule has 1 aliphatic rings. The van der Waals surface area contributed by atoms with Gasteiger partial charge in [-0.1, -0.05) is 12.1 Å². The molecule has 1 aliphatic carbocycles. The van der Waals surface area contributed by atoms with Crippen LogP contribution in [0.15, 0.2) is 48.5 Å². The Morgan fingerprint density at radius 2 is 1.68 bits per heavy atom. The maximum Gasteiger partial charge on any atom is 0.338 e. The number of para-hydroxylation sites is 1. The number of nitrogens with one attached hydrogen (secondary N) is 2. The number of carbonyl (C=O) groups is 3. The van der Waals surface area contributed by atoms with E-state index in [0.717, 1.165) is 0 Å². The van der Waals surface area contributed by atoms with E-state index >= 15 is 0 Å². The summed E-state index contributed by atoms with van der Waals surface area (Å²) in [7, 11) is 0. The van der Waals surface area contributed by atoms with Crippen LogP contribution in [0.2, 0.25) is 0 Å². The van der Waals surface area contributed by atoms with E-state index in [0.29, 0.717) is 35.5 Å². The van der Waals surface area contributed by atoms with Crippen molar-refractivity contribution < 1.29 is 19.1 Å². The van der Waals surface area contributed by atoms with Crippen LogP contribution in [0.1, 0.15) is 29.3 Å². The number of nitrogens with zero attached hydrogens (tertiary/aromatic N) is 1. The molecule has 0 aromatic heterocycles. The second-order valence-corrected chi connectivity index (χ2v) is 6.38. The van der Waals surface area contributed by atoms with E-state index in [-0.39, 0.29) is 11.8 Å². The average Bonchev–Trinajstić information content (AvgIpc) is 3.50. The van der Waals surface area contributed by atoms with Gasteiger partial charge in [0.15, 0.2) is 0 Å². The third-order valence-corrected chi connectivity index (χ3v) is 4.43. The largest absolute Gasteiger partial charge is 0.462 e. The standard InChI is InChI=1S/C21H19N3O4/c1-2-28-21(27)13-7-9-15(10-8-13)23-19(25)16-11-17(16)20(26)24-18-6-4-3-5-14(18)12-22/h3-10,16-17H,2,11H2,1H3,(H,23,25)(H,24,26). The molecule has 3 rings (SSSR count). The normalized spacial score (nSPS) is 17.1. The average molecular weight is 377 g/mol. The van der Waals surface area contributed by atoms with Crippen molar-refractivity contribution in [1.82, 2.24) is 0 Å². The van der Waals surface area contributed by atoms with Crippen molar-refractivity contribution in [2.24, 2.45) is 11.8 Å². The molecule has 2 atom stereocenters. The fourth-order valence-electron chi connectivity index (χ4n) is 2.83. The predicted octanol–water partition coefficient (Wildman–Crippen LogP) is 2.95. The van der Waals surface area contributed by atoms with E-state index in [1.165, 1.54) is 0 Å². The quantitative estimate of drug-likeness (QED) is 0.753. The third-order valence-electron chi connectivity index (χ3n) is 4.43. The van der Waals surface area contributed by atoms with Crippen LogP contribution in [-0.4, -0.2) is 24.4 Å². The van der Waals surface area contributed by atoms with Gasteiger partial charge < -0.3 is 15.4 Å². The molecule has 2 unspecified atom stereocenters. The van der Waals surface area contributed by atoms with Gasteiger partial charge in [-0.15, -0.1) is 0 Å². The summed E-state index contributed by atoms with van der Waals surface area (Å²) in [5, 5.41) is 14.5. The summed E-state index contributed by atoms with van der Waals surface area (Å²) in [5.41, 5.74) is 1.76. The summed E-state index contributed by atoms with van der Waals surface area (Å²) in [4.78, 5) is 36.3. The van der Waals surface area contributed by atoms with E-state index < -0.39 is 17.8 Å². The van der Waals surface area contributed by atoms with Gasteiger partial charge in [-0.3, -0.25) is 9.59 Å². The summed E-state index contributed by atoms with van der Waals surface area (Å²) in [5.74, 6) is -1.79. The lowest BCUT2D eigenvalue weighted by Crippen LogP contribution is -2.21. The molecule has 7 heteroatoms. The Balaban J connectivity index is 1.55. The number of benzene rings is 2. The molecule has 2 aromatic carbocycles. The predicted molar refractivity (Wildman–Crippen MR) is 102 cm³/mol. The monoisotopic (exact) mass is 377 g/mol. The van der Waals surface area contributed by atoms with Crippen LogP contribution in [0.5, 0.6) is 0 Å². The van der Waals surface area contributed by atoms with Crippen LogP contribution in [0, 0.1) is 23.2 Å². The van der Waals surface area contributed by atoms with E-state index in [9.17, 15) is 14.4 Å². The summed E-state index contributed by atoms with van der Waals surface area (Å²) < 4.78 is 4.91. The lowest BCUT2D eigenvalue weighted by atomic mass is 10.2. The SMILES string of the molecule is CCOC(=O)c1ccc(NC(=O)C2CC2C(=O)Nc2ccccc2C#N)cc1. The molecule has 0 spiro atoms. The zero-order chi connectivity index (χ0) is 20.1. The number of hydrogen-bond acceptors (Lipinski definition) is 5.